The van der Waals surface area contributed by atoms with Gasteiger partial charge in [0.05, 0.1) is 7.11 Å². The van der Waals surface area contributed by atoms with Gasteiger partial charge in [-0.15, -0.1) is 0 Å². The Morgan fingerprint density at radius 1 is 1.25 bits per heavy atom. The summed E-state index contributed by atoms with van der Waals surface area (Å²) in [5.41, 5.74) is 0.534. The minimum atomic E-state index is -0.0628. The van der Waals surface area contributed by atoms with Crippen molar-refractivity contribution in [3.05, 3.63) is 36.0 Å². The molecule has 0 spiro atoms. The molecule has 1 amide bonds. The van der Waals surface area contributed by atoms with Crippen LogP contribution < -0.4 is 4.74 Å². The maximum Gasteiger partial charge on any atom is 0.272 e. The Morgan fingerprint density at radius 3 is 2.54 bits per heavy atom. The first-order valence-corrected chi connectivity index (χ1v) is 8.33. The number of fused-ring (bicyclic) bond motifs is 1. The predicted molar refractivity (Wildman–Crippen MR) is 95.5 cm³/mol. The Bertz CT molecular complexity index is 753. The molecule has 0 atom stereocenters. The first-order chi connectivity index (χ1) is 11.5. The zero-order valence-electron chi connectivity index (χ0n) is 14.9. The lowest BCUT2D eigenvalue weighted by molar-refractivity contribution is 0.0250. The van der Waals surface area contributed by atoms with Crippen LogP contribution in [0.1, 0.15) is 29.8 Å². The monoisotopic (exact) mass is 327 g/mol. The van der Waals surface area contributed by atoms with Crippen molar-refractivity contribution in [1.29, 1.82) is 0 Å². The third kappa shape index (κ3) is 2.84. The number of nitrogens with zero attached hydrogens (tertiary/aromatic N) is 3. The highest BCUT2D eigenvalue weighted by atomic mass is 16.5. The summed E-state index contributed by atoms with van der Waals surface area (Å²) < 4.78 is 5.38. The lowest BCUT2D eigenvalue weighted by Crippen LogP contribution is -2.57. The summed E-state index contributed by atoms with van der Waals surface area (Å²) in [4.78, 5) is 21.4. The third-order valence-corrected chi connectivity index (χ3v) is 5.23. The number of carbonyl (C=O) groups excluding carboxylic acids is 1. The topological polar surface area (TPSA) is 45.7 Å². The number of hydrogen-bond donors (Lipinski definition) is 0. The molecule has 0 aliphatic heterocycles. The van der Waals surface area contributed by atoms with E-state index >= 15 is 0 Å². The second-order valence-corrected chi connectivity index (χ2v) is 6.87. The van der Waals surface area contributed by atoms with Gasteiger partial charge in [0, 0.05) is 24.5 Å². The van der Waals surface area contributed by atoms with Crippen molar-refractivity contribution in [3.63, 3.8) is 0 Å². The fourth-order valence-corrected chi connectivity index (χ4v) is 3.47. The molecule has 0 unspecified atom stereocenters. The van der Waals surface area contributed by atoms with Gasteiger partial charge in [-0.05, 0) is 50.9 Å². The van der Waals surface area contributed by atoms with Gasteiger partial charge in [0.2, 0.25) is 5.88 Å². The van der Waals surface area contributed by atoms with Crippen molar-refractivity contribution in [1.82, 2.24) is 14.8 Å². The summed E-state index contributed by atoms with van der Waals surface area (Å²) in [6.45, 7) is 0.718. The lowest BCUT2D eigenvalue weighted by Gasteiger charge is -2.49. The first-order valence-electron chi connectivity index (χ1n) is 8.33. The molecule has 0 radical (unpaired) electrons. The Kier molecular flexibility index (Phi) is 4.45. The van der Waals surface area contributed by atoms with E-state index in [2.05, 4.69) is 24.0 Å². The Labute approximate surface area is 143 Å². The summed E-state index contributed by atoms with van der Waals surface area (Å²) in [6, 6.07) is 9.67. The van der Waals surface area contributed by atoms with Gasteiger partial charge in [0.25, 0.3) is 5.91 Å². The van der Waals surface area contributed by atoms with E-state index in [0.717, 1.165) is 30.2 Å². The molecular formula is C19H25N3O2. The van der Waals surface area contributed by atoms with Gasteiger partial charge in [-0.2, -0.15) is 0 Å². The Hall–Kier alpha value is -2.14. The van der Waals surface area contributed by atoms with Gasteiger partial charge in [-0.3, -0.25) is 4.79 Å². The Balaban J connectivity index is 1.88. The molecule has 0 saturated heterocycles. The van der Waals surface area contributed by atoms with Crippen LogP contribution in [-0.4, -0.2) is 61.0 Å². The SMILES string of the molecule is COc1nc(C(=O)N(C)CC2(N(C)C)CCC2)cc2ccccc12. The second-order valence-electron chi connectivity index (χ2n) is 6.87. The van der Waals surface area contributed by atoms with E-state index in [4.69, 9.17) is 4.74 Å². The van der Waals surface area contributed by atoms with E-state index in [-0.39, 0.29) is 11.4 Å². The molecular weight excluding hydrogens is 302 g/mol. The van der Waals surface area contributed by atoms with Crippen LogP contribution in [0.5, 0.6) is 5.88 Å². The van der Waals surface area contributed by atoms with Crippen LogP contribution >= 0.6 is 0 Å². The second kappa shape index (κ2) is 6.40. The largest absolute Gasteiger partial charge is 0.481 e. The van der Waals surface area contributed by atoms with Crippen molar-refractivity contribution < 1.29 is 9.53 Å². The molecule has 1 fully saturated rings. The highest BCUT2D eigenvalue weighted by Gasteiger charge is 2.40. The maximum atomic E-state index is 12.9. The summed E-state index contributed by atoms with van der Waals surface area (Å²) in [5.74, 6) is 0.433. The molecule has 3 rings (SSSR count). The summed E-state index contributed by atoms with van der Waals surface area (Å²) >= 11 is 0. The predicted octanol–water partition coefficient (Wildman–Crippen LogP) is 2.80. The van der Waals surface area contributed by atoms with Gasteiger partial charge in [-0.25, -0.2) is 4.98 Å². The number of pyridine rings is 1. The van der Waals surface area contributed by atoms with Crippen LogP contribution in [0.3, 0.4) is 0 Å². The van der Waals surface area contributed by atoms with E-state index in [1.807, 2.05) is 37.4 Å². The van der Waals surface area contributed by atoms with E-state index in [0.29, 0.717) is 11.6 Å². The quantitative estimate of drug-likeness (QED) is 0.847. The van der Waals surface area contributed by atoms with Crippen LogP contribution in [0.15, 0.2) is 30.3 Å². The van der Waals surface area contributed by atoms with Crippen LogP contribution in [-0.2, 0) is 0 Å². The van der Waals surface area contributed by atoms with Crippen molar-refractivity contribution in [2.24, 2.45) is 0 Å². The van der Waals surface area contributed by atoms with Gasteiger partial charge in [0.1, 0.15) is 5.69 Å². The zero-order valence-corrected chi connectivity index (χ0v) is 14.9. The number of ether oxygens (including phenoxy) is 1. The summed E-state index contributed by atoms with van der Waals surface area (Å²) in [6.07, 6.45) is 3.49. The zero-order chi connectivity index (χ0) is 17.3. The average molecular weight is 327 g/mol. The molecule has 1 aliphatic rings. The third-order valence-electron chi connectivity index (χ3n) is 5.23. The number of methoxy groups -OCH3 is 1. The number of carbonyl (C=O) groups is 1. The molecule has 0 N–H and O–H groups in total. The molecule has 128 valence electrons. The van der Waals surface area contributed by atoms with Gasteiger partial charge >= 0.3 is 0 Å². The summed E-state index contributed by atoms with van der Waals surface area (Å²) in [7, 11) is 7.63. The van der Waals surface area contributed by atoms with Crippen LogP contribution in [0.2, 0.25) is 0 Å². The molecule has 2 aromatic rings. The molecule has 5 heteroatoms. The van der Waals surface area contributed by atoms with Crippen LogP contribution in [0.25, 0.3) is 10.8 Å². The number of aromatic nitrogens is 1. The van der Waals surface area contributed by atoms with E-state index in [1.165, 1.54) is 6.42 Å². The molecule has 1 aromatic heterocycles. The number of rotatable bonds is 5. The molecule has 1 saturated carbocycles. The molecule has 1 aliphatic carbocycles. The van der Waals surface area contributed by atoms with E-state index in [9.17, 15) is 4.79 Å². The van der Waals surface area contributed by atoms with Gasteiger partial charge in [-0.1, -0.05) is 18.2 Å². The number of amides is 1. The molecule has 0 bridgehead atoms. The highest BCUT2D eigenvalue weighted by Crippen LogP contribution is 2.37. The first kappa shape index (κ1) is 16.7. The van der Waals surface area contributed by atoms with E-state index in [1.54, 1.807) is 12.0 Å². The number of likely N-dealkylation sites (N-methyl/N-ethyl adjacent to an activating group) is 2. The van der Waals surface area contributed by atoms with Crippen molar-refractivity contribution in [2.75, 3.05) is 34.8 Å². The number of hydrogen-bond acceptors (Lipinski definition) is 4. The highest BCUT2D eigenvalue weighted by molar-refractivity contribution is 5.98. The fourth-order valence-electron chi connectivity index (χ4n) is 3.47. The van der Waals surface area contributed by atoms with Crippen molar-refractivity contribution in [2.45, 2.75) is 24.8 Å². The van der Waals surface area contributed by atoms with Gasteiger partial charge < -0.3 is 14.5 Å². The minimum Gasteiger partial charge on any atom is -0.481 e. The minimum absolute atomic E-state index is 0.0628. The van der Waals surface area contributed by atoms with E-state index < -0.39 is 0 Å². The van der Waals surface area contributed by atoms with Crippen molar-refractivity contribution >= 4 is 16.7 Å². The van der Waals surface area contributed by atoms with Crippen LogP contribution in [0, 0.1) is 0 Å². The number of benzene rings is 1. The molecule has 1 heterocycles. The fraction of sp³-hybridized carbons (Fsp3) is 0.474. The lowest BCUT2D eigenvalue weighted by atomic mass is 9.75. The molecule has 1 aromatic carbocycles. The normalized spacial score (nSPS) is 16.0. The molecule has 5 nitrogen and oxygen atoms in total. The average Bonchev–Trinajstić information content (AvgIpc) is 2.55. The van der Waals surface area contributed by atoms with Crippen LogP contribution in [0.4, 0.5) is 0 Å². The van der Waals surface area contributed by atoms with Crippen molar-refractivity contribution in [3.8, 4) is 5.88 Å². The Morgan fingerprint density at radius 2 is 1.96 bits per heavy atom. The van der Waals surface area contributed by atoms with Gasteiger partial charge in [0.15, 0.2) is 0 Å². The maximum absolute atomic E-state index is 12.9. The smallest absolute Gasteiger partial charge is 0.272 e. The summed E-state index contributed by atoms with van der Waals surface area (Å²) in [5, 5.41) is 1.88. The molecule has 24 heavy (non-hydrogen) atoms. The standard InChI is InChI=1S/C19H25N3O2/c1-21(2)19(10-7-11-19)13-22(3)18(23)16-12-14-8-5-6-9-15(14)17(20-16)24-4/h5-6,8-9,12H,7,10-11,13H2,1-4H3.